The van der Waals surface area contributed by atoms with Crippen LogP contribution in [0, 0.1) is 0 Å². The summed E-state index contributed by atoms with van der Waals surface area (Å²) in [4.78, 5) is 12.8. The van der Waals surface area contributed by atoms with Gasteiger partial charge in [0.2, 0.25) is 0 Å². The fraction of sp³-hybridized carbons (Fsp3) is 0.667. The first-order valence-corrected chi connectivity index (χ1v) is 6.23. The summed E-state index contributed by atoms with van der Waals surface area (Å²) in [5.41, 5.74) is 6.85. The van der Waals surface area contributed by atoms with Crippen molar-refractivity contribution in [1.29, 1.82) is 0 Å². The SMILES string of the molecule is CN(C)c1ncnc(N2CCCCCC2)c1N. The maximum absolute atomic E-state index is 6.16. The molecule has 1 aliphatic heterocycles. The van der Waals surface area contributed by atoms with E-state index >= 15 is 0 Å². The van der Waals surface area contributed by atoms with E-state index in [1.165, 1.54) is 25.7 Å². The van der Waals surface area contributed by atoms with Crippen LogP contribution in [0.15, 0.2) is 6.33 Å². The highest BCUT2D eigenvalue weighted by Crippen LogP contribution is 2.29. The summed E-state index contributed by atoms with van der Waals surface area (Å²) in [7, 11) is 3.90. The summed E-state index contributed by atoms with van der Waals surface area (Å²) in [6.07, 6.45) is 6.66. The minimum Gasteiger partial charge on any atom is -0.393 e. The normalized spacial score (nSPS) is 16.7. The second-order valence-electron chi connectivity index (χ2n) is 4.73. The van der Waals surface area contributed by atoms with Gasteiger partial charge in [-0.25, -0.2) is 9.97 Å². The Hall–Kier alpha value is -1.52. The lowest BCUT2D eigenvalue weighted by Crippen LogP contribution is -2.27. The number of rotatable bonds is 2. The van der Waals surface area contributed by atoms with E-state index in [1.807, 2.05) is 19.0 Å². The maximum Gasteiger partial charge on any atom is 0.157 e. The first kappa shape index (κ1) is 12.0. The predicted molar refractivity (Wildman–Crippen MR) is 71.5 cm³/mol. The van der Waals surface area contributed by atoms with Gasteiger partial charge < -0.3 is 15.5 Å². The molecular weight excluding hydrogens is 214 g/mol. The minimum absolute atomic E-state index is 0.694. The van der Waals surface area contributed by atoms with Crippen LogP contribution in [0.3, 0.4) is 0 Å². The molecule has 1 aromatic rings. The van der Waals surface area contributed by atoms with E-state index in [9.17, 15) is 0 Å². The summed E-state index contributed by atoms with van der Waals surface area (Å²) >= 11 is 0. The van der Waals surface area contributed by atoms with Crippen LogP contribution >= 0.6 is 0 Å². The second kappa shape index (κ2) is 5.21. The molecule has 0 spiro atoms. The number of anilines is 3. The van der Waals surface area contributed by atoms with Crippen molar-refractivity contribution in [2.45, 2.75) is 25.7 Å². The van der Waals surface area contributed by atoms with Crippen molar-refractivity contribution >= 4 is 17.3 Å². The van der Waals surface area contributed by atoms with E-state index in [-0.39, 0.29) is 0 Å². The van der Waals surface area contributed by atoms with Crippen LogP contribution in [0.2, 0.25) is 0 Å². The molecule has 0 aromatic carbocycles. The largest absolute Gasteiger partial charge is 0.393 e. The molecule has 0 saturated carbocycles. The van der Waals surface area contributed by atoms with Gasteiger partial charge in [-0.15, -0.1) is 0 Å². The van der Waals surface area contributed by atoms with Crippen molar-refractivity contribution in [3.05, 3.63) is 6.33 Å². The van der Waals surface area contributed by atoms with Crippen molar-refractivity contribution in [2.75, 3.05) is 42.7 Å². The van der Waals surface area contributed by atoms with Gasteiger partial charge in [0, 0.05) is 27.2 Å². The molecule has 2 heterocycles. The molecular formula is C12H21N5. The Morgan fingerprint density at radius 1 is 1.12 bits per heavy atom. The molecule has 1 saturated heterocycles. The smallest absolute Gasteiger partial charge is 0.157 e. The molecule has 0 aliphatic carbocycles. The topological polar surface area (TPSA) is 58.3 Å². The first-order valence-electron chi connectivity index (χ1n) is 6.23. The third-order valence-corrected chi connectivity index (χ3v) is 3.17. The average Bonchev–Trinajstić information content (AvgIpc) is 2.57. The Kier molecular flexibility index (Phi) is 3.66. The molecule has 5 heteroatoms. The van der Waals surface area contributed by atoms with Gasteiger partial charge in [0.25, 0.3) is 0 Å². The van der Waals surface area contributed by atoms with Gasteiger partial charge in [-0.3, -0.25) is 0 Å². The van der Waals surface area contributed by atoms with Crippen molar-refractivity contribution in [3.8, 4) is 0 Å². The van der Waals surface area contributed by atoms with Gasteiger partial charge in [-0.2, -0.15) is 0 Å². The van der Waals surface area contributed by atoms with Gasteiger partial charge >= 0.3 is 0 Å². The van der Waals surface area contributed by atoms with Crippen molar-refractivity contribution in [3.63, 3.8) is 0 Å². The zero-order chi connectivity index (χ0) is 12.3. The third-order valence-electron chi connectivity index (χ3n) is 3.17. The lowest BCUT2D eigenvalue weighted by Gasteiger charge is -2.24. The molecule has 0 unspecified atom stereocenters. The summed E-state index contributed by atoms with van der Waals surface area (Å²) < 4.78 is 0. The highest BCUT2D eigenvalue weighted by atomic mass is 15.2. The molecule has 94 valence electrons. The lowest BCUT2D eigenvalue weighted by atomic mass is 10.2. The number of nitrogens with zero attached hydrogens (tertiary/aromatic N) is 4. The van der Waals surface area contributed by atoms with Crippen LogP contribution in [0.25, 0.3) is 0 Å². The average molecular weight is 235 g/mol. The van der Waals surface area contributed by atoms with E-state index in [4.69, 9.17) is 5.73 Å². The van der Waals surface area contributed by atoms with E-state index < -0.39 is 0 Å². The molecule has 0 radical (unpaired) electrons. The number of nitrogen functional groups attached to an aromatic ring is 1. The van der Waals surface area contributed by atoms with Crippen LogP contribution in [-0.4, -0.2) is 37.2 Å². The van der Waals surface area contributed by atoms with Gasteiger partial charge in [-0.05, 0) is 12.8 Å². The Morgan fingerprint density at radius 3 is 2.35 bits per heavy atom. The number of hydrogen-bond acceptors (Lipinski definition) is 5. The zero-order valence-corrected chi connectivity index (χ0v) is 10.7. The zero-order valence-electron chi connectivity index (χ0n) is 10.7. The predicted octanol–water partition coefficient (Wildman–Crippen LogP) is 1.51. The Labute approximate surface area is 103 Å². The molecule has 1 aromatic heterocycles. The van der Waals surface area contributed by atoms with Crippen LogP contribution < -0.4 is 15.5 Å². The first-order chi connectivity index (χ1) is 8.20. The van der Waals surface area contributed by atoms with Crippen LogP contribution in [-0.2, 0) is 0 Å². The third kappa shape index (κ3) is 2.60. The molecule has 1 fully saturated rings. The second-order valence-corrected chi connectivity index (χ2v) is 4.73. The summed E-state index contributed by atoms with van der Waals surface area (Å²) in [5, 5.41) is 0. The van der Waals surface area contributed by atoms with Gasteiger partial charge in [-0.1, -0.05) is 12.8 Å². The molecule has 2 rings (SSSR count). The Balaban J connectivity index is 2.27. The number of nitrogens with two attached hydrogens (primary N) is 1. The van der Waals surface area contributed by atoms with E-state index in [0.717, 1.165) is 24.7 Å². The minimum atomic E-state index is 0.694. The molecule has 2 N–H and O–H groups in total. The van der Waals surface area contributed by atoms with Crippen LogP contribution in [0.1, 0.15) is 25.7 Å². The lowest BCUT2D eigenvalue weighted by molar-refractivity contribution is 0.726. The monoisotopic (exact) mass is 235 g/mol. The maximum atomic E-state index is 6.16. The Morgan fingerprint density at radius 2 is 1.76 bits per heavy atom. The summed E-state index contributed by atoms with van der Waals surface area (Å²) in [6.45, 7) is 2.10. The quantitative estimate of drug-likeness (QED) is 0.842. The van der Waals surface area contributed by atoms with Crippen molar-refractivity contribution < 1.29 is 0 Å². The van der Waals surface area contributed by atoms with E-state index in [2.05, 4.69) is 14.9 Å². The highest BCUT2D eigenvalue weighted by Gasteiger charge is 2.17. The van der Waals surface area contributed by atoms with Crippen LogP contribution in [0.4, 0.5) is 17.3 Å². The molecule has 0 bridgehead atoms. The van der Waals surface area contributed by atoms with Crippen molar-refractivity contribution in [2.24, 2.45) is 0 Å². The fourth-order valence-electron chi connectivity index (χ4n) is 2.27. The molecule has 0 amide bonds. The molecule has 5 nitrogen and oxygen atoms in total. The number of aromatic nitrogens is 2. The molecule has 1 aliphatic rings. The van der Waals surface area contributed by atoms with E-state index in [1.54, 1.807) is 6.33 Å². The van der Waals surface area contributed by atoms with Crippen LogP contribution in [0.5, 0.6) is 0 Å². The molecule has 0 atom stereocenters. The highest BCUT2D eigenvalue weighted by molar-refractivity contribution is 5.75. The number of hydrogen-bond donors (Lipinski definition) is 1. The Bertz CT molecular complexity index is 369. The van der Waals surface area contributed by atoms with Gasteiger partial charge in [0.15, 0.2) is 11.6 Å². The summed E-state index contributed by atoms with van der Waals surface area (Å²) in [6, 6.07) is 0. The standard InChI is InChI=1S/C12H21N5/c1-16(2)11-10(13)12(15-9-14-11)17-7-5-3-4-6-8-17/h9H,3-8,13H2,1-2H3. The van der Waals surface area contributed by atoms with Gasteiger partial charge in [0.1, 0.15) is 12.0 Å². The summed E-state index contributed by atoms with van der Waals surface area (Å²) in [5.74, 6) is 1.70. The van der Waals surface area contributed by atoms with Crippen molar-refractivity contribution in [1.82, 2.24) is 9.97 Å². The molecule has 17 heavy (non-hydrogen) atoms. The van der Waals surface area contributed by atoms with Gasteiger partial charge in [0.05, 0.1) is 0 Å². The van der Waals surface area contributed by atoms with E-state index in [0.29, 0.717) is 5.69 Å². The fourth-order valence-corrected chi connectivity index (χ4v) is 2.27.